The highest BCUT2D eigenvalue weighted by atomic mass is 16.5. The third kappa shape index (κ3) is 3.49. The summed E-state index contributed by atoms with van der Waals surface area (Å²) < 4.78 is 11.5. The van der Waals surface area contributed by atoms with E-state index in [0.29, 0.717) is 23.3 Å². The van der Waals surface area contributed by atoms with Crippen LogP contribution in [0.25, 0.3) is 11.1 Å². The number of carbonyl (C=O) groups excluding carboxylic acids is 1. The van der Waals surface area contributed by atoms with Gasteiger partial charge < -0.3 is 14.6 Å². The fourth-order valence-electron chi connectivity index (χ4n) is 3.90. The van der Waals surface area contributed by atoms with Gasteiger partial charge in [-0.15, -0.1) is 0 Å². The molecule has 5 nitrogen and oxygen atoms in total. The third-order valence-corrected chi connectivity index (χ3v) is 5.21. The maximum atomic E-state index is 12.1. The third-order valence-electron chi connectivity index (χ3n) is 5.21. The zero-order chi connectivity index (χ0) is 20.5. The number of hydrogen-bond donors (Lipinski definition) is 1. The van der Waals surface area contributed by atoms with E-state index < -0.39 is 11.6 Å². The van der Waals surface area contributed by atoms with Crippen molar-refractivity contribution in [1.82, 2.24) is 0 Å². The van der Waals surface area contributed by atoms with E-state index >= 15 is 0 Å². The van der Waals surface area contributed by atoms with E-state index in [9.17, 15) is 14.7 Å². The molecule has 5 heteroatoms. The topological polar surface area (TPSA) is 72.8 Å². The van der Waals surface area contributed by atoms with E-state index in [1.807, 2.05) is 39.0 Å². The van der Waals surface area contributed by atoms with Crippen LogP contribution < -0.4 is 9.47 Å². The first-order chi connectivity index (χ1) is 13.3. The first kappa shape index (κ1) is 19.9. The molecule has 0 aromatic heterocycles. The number of unbranched alkanes of at least 4 members (excludes halogenated alkanes) is 2. The molecule has 2 aromatic rings. The molecule has 0 bridgehead atoms. The molecule has 0 spiro atoms. The van der Waals surface area contributed by atoms with Gasteiger partial charge >= 0.3 is 5.97 Å². The molecule has 0 unspecified atom stereocenters. The van der Waals surface area contributed by atoms with Gasteiger partial charge in [0.15, 0.2) is 5.75 Å². The van der Waals surface area contributed by atoms with Crippen molar-refractivity contribution in [2.45, 2.75) is 59.0 Å². The number of aryl methyl sites for hydroxylation is 2. The van der Waals surface area contributed by atoms with Crippen molar-refractivity contribution in [3.63, 3.8) is 0 Å². The number of hydrogen-bond acceptors (Lipinski definition) is 4. The summed E-state index contributed by atoms with van der Waals surface area (Å²) in [6, 6.07) is 7.76. The van der Waals surface area contributed by atoms with E-state index in [1.165, 1.54) is 0 Å². The maximum Gasteiger partial charge on any atom is 0.339 e. The van der Waals surface area contributed by atoms with Gasteiger partial charge in [0, 0.05) is 5.56 Å². The molecule has 0 amide bonds. The number of benzene rings is 2. The molecule has 0 aliphatic carbocycles. The Kier molecular flexibility index (Phi) is 5.45. The number of rotatable bonds is 7. The van der Waals surface area contributed by atoms with Gasteiger partial charge in [0.1, 0.15) is 16.9 Å². The zero-order valence-electron chi connectivity index (χ0n) is 16.8. The summed E-state index contributed by atoms with van der Waals surface area (Å²) in [7, 11) is 0. The van der Waals surface area contributed by atoms with E-state index in [-0.39, 0.29) is 17.8 Å². The first-order valence-electron chi connectivity index (χ1n) is 9.64. The number of carboxylic acids is 1. The van der Waals surface area contributed by atoms with Gasteiger partial charge in [-0.2, -0.15) is 0 Å². The molecular weight excluding hydrogens is 356 g/mol. The Balaban J connectivity index is 2.32. The lowest BCUT2D eigenvalue weighted by molar-refractivity contribution is -0.120. The molecule has 0 atom stereocenters. The normalized spacial score (nSPS) is 13.9. The fourth-order valence-corrected chi connectivity index (χ4v) is 3.90. The van der Waals surface area contributed by atoms with Crippen LogP contribution in [0.15, 0.2) is 24.3 Å². The molecule has 28 heavy (non-hydrogen) atoms. The molecule has 1 aliphatic heterocycles. The predicted molar refractivity (Wildman–Crippen MR) is 107 cm³/mol. The lowest BCUT2D eigenvalue weighted by Crippen LogP contribution is -2.30. The summed E-state index contributed by atoms with van der Waals surface area (Å²) in [6.45, 7) is 8.31. The Bertz CT molecular complexity index is 927. The van der Waals surface area contributed by atoms with Crippen molar-refractivity contribution in [1.29, 1.82) is 0 Å². The number of ether oxygens (including phenoxy) is 2. The second kappa shape index (κ2) is 7.66. The lowest BCUT2D eigenvalue weighted by atomic mass is 9.83. The van der Waals surface area contributed by atoms with Crippen LogP contribution in [0.4, 0.5) is 0 Å². The van der Waals surface area contributed by atoms with Crippen LogP contribution in [0, 0.1) is 6.92 Å². The Morgan fingerprint density at radius 1 is 1.25 bits per heavy atom. The molecule has 3 rings (SSSR count). The average molecular weight is 382 g/mol. The summed E-state index contributed by atoms with van der Waals surface area (Å²) in [5, 5.41) is 9.90. The molecule has 0 saturated heterocycles. The van der Waals surface area contributed by atoms with Gasteiger partial charge in [-0.25, -0.2) is 4.79 Å². The lowest BCUT2D eigenvalue weighted by Gasteiger charge is -2.36. The summed E-state index contributed by atoms with van der Waals surface area (Å²) >= 11 is 0. The van der Waals surface area contributed by atoms with Gasteiger partial charge in [0.25, 0.3) is 6.47 Å². The smallest absolute Gasteiger partial charge is 0.339 e. The van der Waals surface area contributed by atoms with Crippen molar-refractivity contribution in [3.8, 4) is 22.6 Å². The highest BCUT2D eigenvalue weighted by molar-refractivity contribution is 5.99. The van der Waals surface area contributed by atoms with Gasteiger partial charge in [-0.3, -0.25) is 4.79 Å². The van der Waals surface area contributed by atoms with E-state index in [1.54, 1.807) is 6.07 Å². The van der Waals surface area contributed by atoms with Crippen LogP contribution in [-0.4, -0.2) is 17.5 Å². The number of carboxylic acid groups (broad SMARTS) is 1. The molecule has 0 fully saturated rings. The molecule has 0 saturated carbocycles. The van der Waals surface area contributed by atoms with Crippen molar-refractivity contribution >= 4 is 12.4 Å². The first-order valence-corrected chi connectivity index (χ1v) is 9.64. The molecule has 148 valence electrons. The second-order valence-corrected chi connectivity index (χ2v) is 7.75. The fraction of sp³-hybridized carbons (Fsp3) is 0.391. The standard InChI is InChI=1S/C23H26O5/c1-5-6-7-8-15-12-18-20(21(27-13-24)19(15)22(25)26)16-11-14(2)9-10-17(16)23(3,4)28-18/h9-13H,5-8H2,1-4H3,(H,25,26). The molecule has 0 radical (unpaired) electrons. The van der Waals surface area contributed by atoms with Crippen molar-refractivity contribution in [2.24, 2.45) is 0 Å². The molecule has 2 aromatic carbocycles. The largest absolute Gasteiger partial charge is 0.482 e. The molecule has 1 heterocycles. The monoisotopic (exact) mass is 382 g/mol. The minimum absolute atomic E-state index is 0.0396. The Morgan fingerprint density at radius 3 is 2.64 bits per heavy atom. The molecule has 1 N–H and O–H groups in total. The van der Waals surface area contributed by atoms with Crippen LogP contribution in [-0.2, 0) is 16.8 Å². The Morgan fingerprint density at radius 2 is 2.00 bits per heavy atom. The Hall–Kier alpha value is -2.82. The summed E-state index contributed by atoms with van der Waals surface area (Å²) in [4.78, 5) is 23.4. The maximum absolute atomic E-state index is 12.1. The van der Waals surface area contributed by atoms with Crippen LogP contribution in [0.3, 0.4) is 0 Å². The van der Waals surface area contributed by atoms with Crippen LogP contribution in [0.5, 0.6) is 11.5 Å². The van der Waals surface area contributed by atoms with Gasteiger partial charge in [-0.05, 0) is 50.8 Å². The molecule has 1 aliphatic rings. The van der Waals surface area contributed by atoms with E-state index in [0.717, 1.165) is 36.0 Å². The quantitative estimate of drug-likeness (QED) is 0.523. The highest BCUT2D eigenvalue weighted by Gasteiger charge is 2.37. The van der Waals surface area contributed by atoms with Crippen LogP contribution >= 0.6 is 0 Å². The highest BCUT2D eigenvalue weighted by Crippen LogP contribution is 2.51. The minimum atomic E-state index is -1.11. The van der Waals surface area contributed by atoms with Crippen LogP contribution in [0.2, 0.25) is 0 Å². The van der Waals surface area contributed by atoms with Crippen molar-refractivity contribution in [2.75, 3.05) is 0 Å². The summed E-state index contributed by atoms with van der Waals surface area (Å²) in [5.41, 5.74) is 3.41. The SMILES string of the molecule is CCCCCc1cc2c(c(OC=O)c1C(=O)O)-c1cc(C)ccc1C(C)(C)O2. The van der Waals surface area contributed by atoms with Gasteiger partial charge in [-0.1, -0.05) is 43.5 Å². The number of fused-ring (bicyclic) bond motifs is 3. The zero-order valence-corrected chi connectivity index (χ0v) is 16.8. The molecular formula is C23H26O5. The van der Waals surface area contributed by atoms with Crippen LogP contribution in [0.1, 0.15) is 67.1 Å². The van der Waals surface area contributed by atoms with Gasteiger partial charge in [0.05, 0.1) is 5.56 Å². The number of aromatic carboxylic acids is 1. The minimum Gasteiger partial charge on any atom is -0.482 e. The van der Waals surface area contributed by atoms with Gasteiger partial charge in [0.2, 0.25) is 0 Å². The van der Waals surface area contributed by atoms with E-state index in [2.05, 4.69) is 6.92 Å². The second-order valence-electron chi connectivity index (χ2n) is 7.75. The summed E-state index contributed by atoms with van der Waals surface area (Å²) in [6.07, 6.45) is 3.47. The predicted octanol–water partition coefficient (Wildman–Crippen LogP) is 5.26. The summed E-state index contributed by atoms with van der Waals surface area (Å²) in [5.74, 6) is -0.490. The van der Waals surface area contributed by atoms with E-state index in [4.69, 9.17) is 9.47 Å². The van der Waals surface area contributed by atoms with Crippen molar-refractivity contribution in [3.05, 3.63) is 46.5 Å². The average Bonchev–Trinajstić information content (AvgIpc) is 2.60. The van der Waals surface area contributed by atoms with Crippen molar-refractivity contribution < 1.29 is 24.2 Å². The Labute approximate surface area is 165 Å². The number of carbonyl (C=O) groups is 2.